The van der Waals surface area contributed by atoms with Crippen molar-refractivity contribution in [3.63, 3.8) is 0 Å². The lowest BCUT2D eigenvalue weighted by atomic mass is 9.76. The van der Waals surface area contributed by atoms with Crippen LogP contribution in [-0.4, -0.2) is 15.2 Å². The summed E-state index contributed by atoms with van der Waals surface area (Å²) in [4.78, 5) is 0. The SMILES string of the molecule is CCC[Si@H]1CC[C@H](CCC2CCC(c3ccc(-c4ccc(OC(F)(F)F)c(F)c4)c(F)c3)CC2)CC1. The van der Waals surface area contributed by atoms with E-state index in [-0.39, 0.29) is 11.1 Å². The van der Waals surface area contributed by atoms with Gasteiger partial charge in [-0.05, 0) is 72.8 Å². The molecule has 0 N–H and O–H groups in total. The zero-order chi connectivity index (χ0) is 25.7. The van der Waals surface area contributed by atoms with Gasteiger partial charge in [0.25, 0.3) is 0 Å². The summed E-state index contributed by atoms with van der Waals surface area (Å²) in [5.41, 5.74) is 1.30. The Morgan fingerprint density at radius 1 is 0.833 bits per heavy atom. The van der Waals surface area contributed by atoms with Gasteiger partial charge >= 0.3 is 6.36 Å². The summed E-state index contributed by atoms with van der Waals surface area (Å²) in [6.45, 7) is 2.32. The number of benzene rings is 2. The normalized spacial score (nSPS) is 25.1. The summed E-state index contributed by atoms with van der Waals surface area (Å²) in [7, 11) is -0.404. The molecule has 0 aromatic heterocycles. The topological polar surface area (TPSA) is 9.23 Å². The summed E-state index contributed by atoms with van der Waals surface area (Å²) in [6.07, 6.45) is 6.46. The third kappa shape index (κ3) is 7.33. The molecule has 1 nitrogen and oxygen atoms in total. The van der Waals surface area contributed by atoms with Crippen molar-refractivity contribution in [3.8, 4) is 16.9 Å². The van der Waals surface area contributed by atoms with E-state index in [2.05, 4.69) is 11.7 Å². The predicted octanol–water partition coefficient (Wildman–Crippen LogP) is 9.63. The van der Waals surface area contributed by atoms with E-state index in [1.807, 2.05) is 6.07 Å². The van der Waals surface area contributed by atoms with Crippen LogP contribution in [0.3, 0.4) is 0 Å². The number of ether oxygens (including phenoxy) is 1. The minimum absolute atomic E-state index is 0.168. The molecule has 1 aliphatic heterocycles. The maximum Gasteiger partial charge on any atom is 0.573 e. The molecule has 0 unspecified atom stereocenters. The van der Waals surface area contributed by atoms with Crippen molar-refractivity contribution in [1.29, 1.82) is 0 Å². The van der Waals surface area contributed by atoms with Crippen LogP contribution in [0.2, 0.25) is 18.1 Å². The van der Waals surface area contributed by atoms with Crippen molar-refractivity contribution in [1.82, 2.24) is 0 Å². The molecule has 1 saturated heterocycles. The van der Waals surface area contributed by atoms with E-state index in [0.717, 1.165) is 42.4 Å². The zero-order valence-electron chi connectivity index (χ0n) is 21.1. The second-order valence-corrected chi connectivity index (χ2v) is 14.4. The standard InChI is InChI=1S/C29H37F5OSi/c1-2-15-36-16-13-21(14-17-36)4-3-20-5-7-22(8-6-20)23-9-11-25(26(30)18-23)24-10-12-28(27(31)19-24)35-29(32,33)34/h9-12,18-22,36H,2-8,13-17H2,1H3/t20?,21-,22?,36-. The molecule has 1 aliphatic carbocycles. The van der Waals surface area contributed by atoms with Crippen LogP contribution >= 0.6 is 0 Å². The molecule has 0 bridgehead atoms. The molecule has 36 heavy (non-hydrogen) atoms. The molecule has 1 heterocycles. The molecular formula is C29H37F5OSi. The van der Waals surface area contributed by atoms with E-state index in [4.69, 9.17) is 0 Å². The average molecular weight is 525 g/mol. The van der Waals surface area contributed by atoms with Crippen LogP contribution in [0.5, 0.6) is 5.75 Å². The maximum atomic E-state index is 14.9. The number of rotatable bonds is 8. The maximum absolute atomic E-state index is 14.9. The first kappa shape index (κ1) is 27.1. The van der Waals surface area contributed by atoms with Gasteiger partial charge in [-0.3, -0.25) is 0 Å². The molecule has 7 heteroatoms. The lowest BCUT2D eigenvalue weighted by Gasteiger charge is -2.32. The Balaban J connectivity index is 1.28. The molecule has 0 amide bonds. The Bertz CT molecular complexity index is 992. The van der Waals surface area contributed by atoms with Gasteiger partial charge in [0, 0.05) is 14.4 Å². The summed E-state index contributed by atoms with van der Waals surface area (Å²) in [5, 5.41) is 0. The Morgan fingerprint density at radius 3 is 2.08 bits per heavy atom. The third-order valence-electron chi connectivity index (χ3n) is 8.43. The van der Waals surface area contributed by atoms with Gasteiger partial charge in [0.05, 0.1) is 0 Å². The number of alkyl halides is 3. The predicted molar refractivity (Wildman–Crippen MR) is 137 cm³/mol. The van der Waals surface area contributed by atoms with Crippen molar-refractivity contribution in [2.45, 2.75) is 95.1 Å². The lowest BCUT2D eigenvalue weighted by Crippen LogP contribution is -2.22. The number of halogens is 5. The monoisotopic (exact) mass is 524 g/mol. The molecule has 4 rings (SSSR count). The lowest BCUT2D eigenvalue weighted by molar-refractivity contribution is -0.275. The molecule has 2 aromatic carbocycles. The van der Waals surface area contributed by atoms with Gasteiger partial charge in [-0.15, -0.1) is 13.2 Å². The van der Waals surface area contributed by atoms with E-state index >= 15 is 0 Å². The highest BCUT2D eigenvalue weighted by molar-refractivity contribution is 6.58. The molecule has 0 spiro atoms. The molecular weight excluding hydrogens is 487 g/mol. The van der Waals surface area contributed by atoms with Gasteiger partial charge in [-0.25, -0.2) is 8.78 Å². The highest BCUT2D eigenvalue weighted by Gasteiger charge is 2.32. The fourth-order valence-corrected chi connectivity index (χ4v) is 9.94. The quantitative estimate of drug-likeness (QED) is 0.247. The molecule has 0 radical (unpaired) electrons. The number of hydrogen-bond donors (Lipinski definition) is 0. The van der Waals surface area contributed by atoms with Gasteiger partial charge in [-0.1, -0.05) is 75.4 Å². The van der Waals surface area contributed by atoms with Crippen LogP contribution in [-0.2, 0) is 0 Å². The van der Waals surface area contributed by atoms with Gasteiger partial charge < -0.3 is 4.74 Å². The first-order valence-corrected chi connectivity index (χ1v) is 16.0. The Hall–Kier alpha value is -1.89. The number of hydrogen-bond acceptors (Lipinski definition) is 1. The van der Waals surface area contributed by atoms with Crippen LogP contribution in [0, 0.1) is 23.5 Å². The highest BCUT2D eigenvalue weighted by atomic mass is 28.3. The molecule has 1 saturated carbocycles. The van der Waals surface area contributed by atoms with E-state index in [1.165, 1.54) is 63.1 Å². The van der Waals surface area contributed by atoms with Gasteiger partial charge in [0.15, 0.2) is 11.6 Å². The average Bonchev–Trinajstić information content (AvgIpc) is 2.85. The fourth-order valence-electron chi connectivity index (χ4n) is 6.37. The second-order valence-electron chi connectivity index (χ2n) is 10.9. The first-order chi connectivity index (χ1) is 17.2. The van der Waals surface area contributed by atoms with E-state index in [1.54, 1.807) is 18.2 Å². The van der Waals surface area contributed by atoms with Gasteiger partial charge in [0.2, 0.25) is 0 Å². The highest BCUT2D eigenvalue weighted by Crippen LogP contribution is 2.40. The van der Waals surface area contributed by atoms with E-state index in [9.17, 15) is 22.0 Å². The second kappa shape index (κ2) is 12.1. The molecule has 2 fully saturated rings. The minimum Gasteiger partial charge on any atom is -0.403 e. The first-order valence-electron chi connectivity index (χ1n) is 13.6. The summed E-state index contributed by atoms with van der Waals surface area (Å²) >= 11 is 0. The van der Waals surface area contributed by atoms with Crippen molar-refractivity contribution >= 4 is 8.80 Å². The summed E-state index contributed by atoms with van der Waals surface area (Å²) < 4.78 is 69.8. The summed E-state index contributed by atoms with van der Waals surface area (Å²) in [6, 6.07) is 12.6. The van der Waals surface area contributed by atoms with Crippen molar-refractivity contribution in [3.05, 3.63) is 53.6 Å². The Labute approximate surface area is 213 Å². The van der Waals surface area contributed by atoms with Crippen molar-refractivity contribution in [2.24, 2.45) is 11.8 Å². The zero-order valence-corrected chi connectivity index (χ0v) is 22.2. The van der Waals surface area contributed by atoms with Crippen molar-refractivity contribution < 1.29 is 26.7 Å². The van der Waals surface area contributed by atoms with Gasteiger partial charge in [-0.2, -0.15) is 0 Å². The molecule has 2 aromatic rings. The summed E-state index contributed by atoms with van der Waals surface area (Å²) in [5.74, 6) is -0.561. The molecule has 2 aliphatic rings. The molecule has 198 valence electrons. The Kier molecular flexibility index (Phi) is 9.13. The van der Waals surface area contributed by atoms with E-state index < -0.39 is 32.5 Å². The van der Waals surface area contributed by atoms with Crippen LogP contribution in [0.1, 0.15) is 76.2 Å². The van der Waals surface area contributed by atoms with Gasteiger partial charge in [0.1, 0.15) is 5.82 Å². The minimum atomic E-state index is -4.98. The largest absolute Gasteiger partial charge is 0.573 e. The third-order valence-corrected chi connectivity index (χ3v) is 12.1. The van der Waals surface area contributed by atoms with Crippen LogP contribution in [0.15, 0.2) is 36.4 Å². The molecule has 0 atom stereocenters. The Morgan fingerprint density at radius 2 is 1.50 bits per heavy atom. The van der Waals surface area contributed by atoms with Crippen LogP contribution in [0.25, 0.3) is 11.1 Å². The fraction of sp³-hybridized carbons (Fsp3) is 0.586. The van der Waals surface area contributed by atoms with Crippen molar-refractivity contribution in [2.75, 3.05) is 0 Å². The van der Waals surface area contributed by atoms with Crippen LogP contribution in [0.4, 0.5) is 22.0 Å². The smallest absolute Gasteiger partial charge is 0.403 e. The van der Waals surface area contributed by atoms with Crippen LogP contribution < -0.4 is 4.74 Å². The van der Waals surface area contributed by atoms with E-state index in [0.29, 0.717) is 5.92 Å².